The largest absolute Gasteiger partial charge is 0.352 e. The minimum Gasteiger partial charge on any atom is -0.352 e. The lowest BCUT2D eigenvalue weighted by Gasteiger charge is -2.30. The van der Waals surface area contributed by atoms with E-state index >= 15 is 0 Å². The molecule has 4 nitrogen and oxygen atoms in total. The fraction of sp³-hybridized carbons (Fsp3) is 0.625. The first-order valence-electron chi connectivity index (χ1n) is 7.41. The Hall–Kier alpha value is -1.58. The number of hydrogen-bond acceptors (Lipinski definition) is 2. The number of carbonyl (C=O) groups excluding carboxylic acids is 2. The van der Waals surface area contributed by atoms with Gasteiger partial charge in [0.2, 0.25) is 5.91 Å². The highest BCUT2D eigenvalue weighted by Crippen LogP contribution is 2.36. The van der Waals surface area contributed by atoms with Crippen molar-refractivity contribution in [3.63, 3.8) is 0 Å². The molecule has 108 valence electrons. The number of ketones is 1. The van der Waals surface area contributed by atoms with Crippen LogP contribution < -0.4 is 5.32 Å². The first kappa shape index (κ1) is 13.4. The van der Waals surface area contributed by atoms with Crippen LogP contribution in [0.4, 0.5) is 0 Å². The maximum Gasteiger partial charge on any atom is 0.242 e. The van der Waals surface area contributed by atoms with E-state index in [1.807, 2.05) is 23.8 Å². The highest BCUT2D eigenvalue weighted by atomic mass is 16.2. The summed E-state index contributed by atoms with van der Waals surface area (Å²) in [5.41, 5.74) is 1.80. The van der Waals surface area contributed by atoms with Crippen LogP contribution >= 0.6 is 0 Å². The van der Waals surface area contributed by atoms with Crippen LogP contribution in [0.1, 0.15) is 62.1 Å². The van der Waals surface area contributed by atoms with E-state index in [1.165, 1.54) is 0 Å². The van der Waals surface area contributed by atoms with Crippen molar-refractivity contribution in [2.45, 2.75) is 58.5 Å². The monoisotopic (exact) mass is 274 g/mol. The summed E-state index contributed by atoms with van der Waals surface area (Å²) in [6, 6.07) is 1.99. The summed E-state index contributed by atoms with van der Waals surface area (Å²) in [6.07, 6.45) is 5.51. The molecule has 0 aliphatic heterocycles. The van der Waals surface area contributed by atoms with Crippen LogP contribution in [-0.4, -0.2) is 22.3 Å². The molecule has 1 saturated carbocycles. The van der Waals surface area contributed by atoms with Crippen molar-refractivity contribution in [1.82, 2.24) is 9.88 Å². The van der Waals surface area contributed by atoms with Crippen LogP contribution in [0, 0.1) is 5.41 Å². The third-order valence-electron chi connectivity index (χ3n) is 4.33. The van der Waals surface area contributed by atoms with Crippen LogP contribution in [-0.2, 0) is 11.2 Å². The van der Waals surface area contributed by atoms with Crippen LogP contribution in [0.25, 0.3) is 0 Å². The topological polar surface area (TPSA) is 51.1 Å². The van der Waals surface area contributed by atoms with E-state index in [-0.39, 0.29) is 23.1 Å². The van der Waals surface area contributed by atoms with Gasteiger partial charge in [-0.15, -0.1) is 0 Å². The average molecular weight is 274 g/mol. The van der Waals surface area contributed by atoms with E-state index < -0.39 is 0 Å². The lowest BCUT2D eigenvalue weighted by Crippen LogP contribution is -2.34. The van der Waals surface area contributed by atoms with Gasteiger partial charge in [-0.25, -0.2) is 0 Å². The lowest BCUT2D eigenvalue weighted by molar-refractivity contribution is -0.124. The Balaban J connectivity index is 1.87. The van der Waals surface area contributed by atoms with E-state index in [0.29, 0.717) is 12.5 Å². The Labute approximate surface area is 119 Å². The summed E-state index contributed by atoms with van der Waals surface area (Å²) >= 11 is 0. The molecular weight excluding hydrogens is 252 g/mol. The standard InChI is InChI=1S/C16H22N2O2/c1-10(15(20)17-11-4-5-11)18-7-6-12-13(18)8-16(2,3)9-14(12)19/h6-7,10-11H,4-5,8-9H2,1-3H3,(H,17,20). The molecule has 0 radical (unpaired) electrons. The van der Waals surface area contributed by atoms with Crippen molar-refractivity contribution >= 4 is 11.7 Å². The summed E-state index contributed by atoms with van der Waals surface area (Å²) in [5, 5.41) is 3.04. The van der Waals surface area contributed by atoms with Crippen molar-refractivity contribution < 1.29 is 9.59 Å². The molecule has 1 aromatic heterocycles. The molecular formula is C16H22N2O2. The van der Waals surface area contributed by atoms with Gasteiger partial charge in [0.15, 0.2) is 5.78 Å². The Morgan fingerprint density at radius 1 is 1.40 bits per heavy atom. The zero-order valence-electron chi connectivity index (χ0n) is 12.4. The van der Waals surface area contributed by atoms with Gasteiger partial charge in [0.25, 0.3) is 0 Å². The van der Waals surface area contributed by atoms with Crippen LogP contribution in [0.15, 0.2) is 12.3 Å². The summed E-state index contributed by atoms with van der Waals surface area (Å²) in [5.74, 6) is 0.256. The number of nitrogens with one attached hydrogen (secondary N) is 1. The lowest BCUT2D eigenvalue weighted by atomic mass is 9.76. The van der Waals surface area contributed by atoms with Crippen molar-refractivity contribution in [3.8, 4) is 0 Å². The van der Waals surface area contributed by atoms with E-state index in [1.54, 1.807) is 0 Å². The second-order valence-electron chi connectivity index (χ2n) is 6.98. The molecule has 4 heteroatoms. The Morgan fingerprint density at radius 2 is 2.10 bits per heavy atom. The number of fused-ring (bicyclic) bond motifs is 1. The van der Waals surface area contributed by atoms with Crippen molar-refractivity contribution in [2.75, 3.05) is 0 Å². The normalized spacial score (nSPS) is 22.2. The summed E-state index contributed by atoms with van der Waals surface area (Å²) < 4.78 is 1.98. The van der Waals surface area contributed by atoms with E-state index in [0.717, 1.165) is 30.5 Å². The van der Waals surface area contributed by atoms with Gasteiger partial charge >= 0.3 is 0 Å². The van der Waals surface area contributed by atoms with Gasteiger partial charge in [0.1, 0.15) is 6.04 Å². The maximum atomic E-state index is 12.2. The van der Waals surface area contributed by atoms with Crippen LogP contribution in [0.5, 0.6) is 0 Å². The zero-order chi connectivity index (χ0) is 14.5. The third-order valence-corrected chi connectivity index (χ3v) is 4.33. The quantitative estimate of drug-likeness (QED) is 0.920. The highest BCUT2D eigenvalue weighted by Gasteiger charge is 2.35. The highest BCUT2D eigenvalue weighted by molar-refractivity contribution is 5.99. The summed E-state index contributed by atoms with van der Waals surface area (Å²) in [6.45, 7) is 6.13. The predicted octanol–water partition coefficient (Wildman–Crippen LogP) is 2.48. The molecule has 2 aliphatic carbocycles. The molecule has 0 aromatic carbocycles. The van der Waals surface area contributed by atoms with Crippen LogP contribution in [0.3, 0.4) is 0 Å². The SMILES string of the molecule is CC(C(=O)NC1CC1)n1ccc2c1CC(C)(C)CC2=O. The number of aromatic nitrogens is 1. The number of Topliss-reactive ketones (excluding diaryl/α,β-unsaturated/α-hetero) is 1. The van der Waals surface area contributed by atoms with Crippen LogP contribution in [0.2, 0.25) is 0 Å². The van der Waals surface area contributed by atoms with Crippen molar-refractivity contribution in [1.29, 1.82) is 0 Å². The second kappa shape index (κ2) is 4.47. The summed E-state index contributed by atoms with van der Waals surface area (Å²) in [7, 11) is 0. The Kier molecular flexibility index (Phi) is 3.00. The van der Waals surface area contributed by atoms with Gasteiger partial charge in [0, 0.05) is 29.9 Å². The van der Waals surface area contributed by atoms with E-state index in [4.69, 9.17) is 0 Å². The number of nitrogens with zero attached hydrogens (tertiary/aromatic N) is 1. The molecule has 1 amide bonds. The number of carbonyl (C=O) groups is 2. The first-order chi connectivity index (χ1) is 9.37. The summed E-state index contributed by atoms with van der Waals surface area (Å²) in [4.78, 5) is 24.4. The minimum atomic E-state index is -0.249. The molecule has 1 fully saturated rings. The third kappa shape index (κ3) is 2.39. The number of rotatable bonds is 3. The second-order valence-corrected chi connectivity index (χ2v) is 6.98. The molecule has 0 saturated heterocycles. The number of hydrogen-bond donors (Lipinski definition) is 1. The van der Waals surface area contributed by atoms with E-state index in [2.05, 4.69) is 19.2 Å². The number of amides is 1. The molecule has 0 bridgehead atoms. The molecule has 2 aliphatic rings. The van der Waals surface area contributed by atoms with Gasteiger partial charge < -0.3 is 9.88 Å². The fourth-order valence-electron chi connectivity index (χ4n) is 3.00. The minimum absolute atomic E-state index is 0.0210. The fourth-order valence-corrected chi connectivity index (χ4v) is 3.00. The molecule has 1 aromatic rings. The Bertz CT molecular complexity index is 567. The molecule has 1 atom stereocenters. The van der Waals surface area contributed by atoms with Gasteiger partial charge in [0.05, 0.1) is 0 Å². The van der Waals surface area contributed by atoms with Crippen molar-refractivity contribution in [3.05, 3.63) is 23.5 Å². The van der Waals surface area contributed by atoms with Crippen molar-refractivity contribution in [2.24, 2.45) is 5.41 Å². The Morgan fingerprint density at radius 3 is 2.75 bits per heavy atom. The maximum absolute atomic E-state index is 12.2. The van der Waals surface area contributed by atoms with Gasteiger partial charge in [-0.05, 0) is 37.7 Å². The molecule has 20 heavy (non-hydrogen) atoms. The molecule has 1 heterocycles. The molecule has 0 spiro atoms. The smallest absolute Gasteiger partial charge is 0.242 e. The van der Waals surface area contributed by atoms with Gasteiger partial charge in [-0.2, -0.15) is 0 Å². The average Bonchev–Trinajstić information content (AvgIpc) is 3.05. The molecule has 1 N–H and O–H groups in total. The van der Waals surface area contributed by atoms with Gasteiger partial charge in [-0.3, -0.25) is 9.59 Å². The predicted molar refractivity (Wildman–Crippen MR) is 76.7 cm³/mol. The first-order valence-corrected chi connectivity index (χ1v) is 7.41. The zero-order valence-corrected chi connectivity index (χ0v) is 12.4. The molecule has 1 unspecified atom stereocenters. The van der Waals surface area contributed by atoms with Gasteiger partial charge in [-0.1, -0.05) is 13.8 Å². The van der Waals surface area contributed by atoms with E-state index in [9.17, 15) is 9.59 Å². The molecule has 3 rings (SSSR count).